The van der Waals surface area contributed by atoms with Crippen molar-refractivity contribution in [2.45, 2.75) is 26.9 Å². The monoisotopic (exact) mass is 378 g/mol. The van der Waals surface area contributed by atoms with Gasteiger partial charge < -0.3 is 13.9 Å². The van der Waals surface area contributed by atoms with E-state index in [0.717, 1.165) is 22.4 Å². The molecule has 0 fully saturated rings. The molecule has 28 heavy (non-hydrogen) atoms. The fourth-order valence-corrected chi connectivity index (χ4v) is 2.56. The summed E-state index contributed by atoms with van der Waals surface area (Å²) in [6.45, 7) is 6.22. The Labute approximate surface area is 163 Å². The van der Waals surface area contributed by atoms with Gasteiger partial charge in [0.1, 0.15) is 5.75 Å². The van der Waals surface area contributed by atoms with Crippen molar-refractivity contribution in [3.63, 3.8) is 0 Å². The maximum atomic E-state index is 12.1. The van der Waals surface area contributed by atoms with Crippen LogP contribution in [-0.4, -0.2) is 22.8 Å². The summed E-state index contributed by atoms with van der Waals surface area (Å²) in [6, 6.07) is 15.2. The quantitative estimate of drug-likeness (QED) is 0.436. The largest absolute Gasteiger partial charge is 0.494 e. The number of rotatable bonds is 7. The van der Waals surface area contributed by atoms with Crippen molar-refractivity contribution in [3.8, 4) is 17.2 Å². The summed E-state index contributed by atoms with van der Waals surface area (Å²) in [5, 5.41) is 8.02. The number of aryl methyl sites for hydroxylation is 1. The first kappa shape index (κ1) is 19.4. The molecule has 0 amide bonds. The predicted octanol–water partition coefficient (Wildman–Crippen LogP) is 4.76. The second-order valence-corrected chi connectivity index (χ2v) is 6.23. The zero-order chi connectivity index (χ0) is 19.9. The molecule has 1 heterocycles. The minimum atomic E-state index is -0.650. The number of aromatic nitrogens is 2. The Morgan fingerprint density at radius 1 is 1.18 bits per heavy atom. The summed E-state index contributed by atoms with van der Waals surface area (Å²) < 4.78 is 16.4. The lowest BCUT2D eigenvalue weighted by Crippen LogP contribution is -2.06. The van der Waals surface area contributed by atoms with E-state index in [-0.39, 0.29) is 5.89 Å². The van der Waals surface area contributed by atoms with E-state index in [1.54, 1.807) is 13.0 Å². The van der Waals surface area contributed by atoms with Crippen molar-refractivity contribution in [2.75, 3.05) is 6.61 Å². The molecular weight excluding hydrogens is 356 g/mol. The maximum Gasteiger partial charge on any atom is 0.331 e. The molecule has 0 radical (unpaired) electrons. The third-order valence-corrected chi connectivity index (χ3v) is 3.95. The molecule has 6 nitrogen and oxygen atoms in total. The highest BCUT2D eigenvalue weighted by Crippen LogP contribution is 2.23. The topological polar surface area (TPSA) is 74.5 Å². The Bertz CT molecular complexity index is 961. The van der Waals surface area contributed by atoms with E-state index in [2.05, 4.69) is 10.2 Å². The highest BCUT2D eigenvalue weighted by atomic mass is 16.6. The van der Waals surface area contributed by atoms with Gasteiger partial charge in [-0.2, -0.15) is 0 Å². The molecule has 3 rings (SSSR count). The number of esters is 1. The third kappa shape index (κ3) is 5.07. The average molecular weight is 378 g/mol. The van der Waals surface area contributed by atoms with Crippen LogP contribution < -0.4 is 4.74 Å². The molecule has 3 aromatic rings. The summed E-state index contributed by atoms with van der Waals surface area (Å²) >= 11 is 0. The summed E-state index contributed by atoms with van der Waals surface area (Å²) in [5.74, 6) is 0.944. The first-order valence-corrected chi connectivity index (χ1v) is 9.07. The van der Waals surface area contributed by atoms with Crippen molar-refractivity contribution < 1.29 is 18.7 Å². The lowest BCUT2D eigenvalue weighted by atomic mass is 10.1. The summed E-state index contributed by atoms with van der Waals surface area (Å²) in [6.07, 6.45) is 2.39. The van der Waals surface area contributed by atoms with Crippen LogP contribution in [0.25, 0.3) is 17.5 Å². The van der Waals surface area contributed by atoms with Crippen molar-refractivity contribution in [2.24, 2.45) is 0 Å². The van der Waals surface area contributed by atoms with Crippen molar-refractivity contribution in [3.05, 3.63) is 71.6 Å². The molecule has 0 bridgehead atoms. The fraction of sp³-hybridized carbons (Fsp3) is 0.227. The van der Waals surface area contributed by atoms with Gasteiger partial charge in [-0.3, -0.25) is 0 Å². The summed E-state index contributed by atoms with van der Waals surface area (Å²) in [7, 11) is 0. The van der Waals surface area contributed by atoms with Gasteiger partial charge in [0.15, 0.2) is 6.10 Å². The summed E-state index contributed by atoms with van der Waals surface area (Å²) in [5.41, 5.74) is 2.79. The number of carbonyl (C=O) groups excluding carboxylic acids is 1. The third-order valence-electron chi connectivity index (χ3n) is 3.95. The Morgan fingerprint density at radius 2 is 1.96 bits per heavy atom. The highest BCUT2D eigenvalue weighted by Gasteiger charge is 2.18. The van der Waals surface area contributed by atoms with Crippen LogP contribution >= 0.6 is 0 Å². The standard InChI is InChI=1S/C22H22N2O4/c1-4-26-19-11-8-17(9-12-19)10-13-20(25)27-16(3)21-23-24-22(28-21)18-7-5-6-15(2)14-18/h5-14,16H,4H2,1-3H3/b13-10+. The Balaban J connectivity index is 1.59. The van der Waals surface area contributed by atoms with Gasteiger partial charge in [0.2, 0.25) is 5.89 Å². The lowest BCUT2D eigenvalue weighted by molar-refractivity contribution is -0.143. The molecule has 2 aromatic carbocycles. The Morgan fingerprint density at radius 3 is 2.68 bits per heavy atom. The van der Waals surface area contributed by atoms with Crippen molar-refractivity contribution in [1.82, 2.24) is 10.2 Å². The van der Waals surface area contributed by atoms with Crippen molar-refractivity contribution in [1.29, 1.82) is 0 Å². The molecule has 144 valence electrons. The number of nitrogens with zero attached hydrogens (tertiary/aromatic N) is 2. The van der Waals surface area contributed by atoms with Crippen LogP contribution in [0.15, 0.2) is 59.0 Å². The number of hydrogen-bond donors (Lipinski definition) is 0. The molecule has 0 aliphatic heterocycles. The van der Waals surface area contributed by atoms with Gasteiger partial charge in [0.25, 0.3) is 5.89 Å². The van der Waals surface area contributed by atoms with E-state index < -0.39 is 12.1 Å². The SMILES string of the molecule is CCOc1ccc(/C=C/C(=O)OC(C)c2nnc(-c3cccc(C)c3)o2)cc1. The van der Waals surface area contributed by atoms with E-state index in [9.17, 15) is 4.79 Å². The molecule has 1 atom stereocenters. The van der Waals surface area contributed by atoms with Gasteiger partial charge in [-0.05, 0) is 56.7 Å². The normalized spacial score (nSPS) is 12.1. The minimum Gasteiger partial charge on any atom is -0.494 e. The molecule has 0 spiro atoms. The second kappa shape index (κ2) is 8.99. The van der Waals surface area contributed by atoms with Gasteiger partial charge in [-0.15, -0.1) is 10.2 Å². The van der Waals surface area contributed by atoms with E-state index >= 15 is 0 Å². The van der Waals surface area contributed by atoms with Gasteiger partial charge in [0.05, 0.1) is 6.61 Å². The van der Waals surface area contributed by atoms with Crippen LogP contribution in [0.5, 0.6) is 5.75 Å². The zero-order valence-corrected chi connectivity index (χ0v) is 16.1. The molecule has 0 saturated heterocycles. The minimum absolute atomic E-state index is 0.249. The highest BCUT2D eigenvalue weighted by molar-refractivity contribution is 5.87. The number of benzene rings is 2. The summed E-state index contributed by atoms with van der Waals surface area (Å²) in [4.78, 5) is 12.1. The fourth-order valence-electron chi connectivity index (χ4n) is 2.56. The Kier molecular flexibility index (Phi) is 6.22. The molecule has 0 aliphatic carbocycles. The number of hydrogen-bond acceptors (Lipinski definition) is 6. The molecule has 6 heteroatoms. The molecule has 0 aliphatic rings. The first-order valence-electron chi connectivity index (χ1n) is 9.07. The van der Waals surface area contributed by atoms with Crippen LogP contribution in [0.1, 0.15) is 37.0 Å². The van der Waals surface area contributed by atoms with Gasteiger partial charge in [-0.25, -0.2) is 4.79 Å². The molecule has 1 unspecified atom stereocenters. The lowest BCUT2D eigenvalue weighted by Gasteiger charge is -2.07. The maximum absolute atomic E-state index is 12.1. The van der Waals surface area contributed by atoms with Gasteiger partial charge >= 0.3 is 5.97 Å². The zero-order valence-electron chi connectivity index (χ0n) is 16.1. The molecule has 0 N–H and O–H groups in total. The first-order chi connectivity index (χ1) is 13.5. The molecule has 0 saturated carbocycles. The average Bonchev–Trinajstić information content (AvgIpc) is 3.18. The van der Waals surface area contributed by atoms with Crippen LogP contribution in [0, 0.1) is 6.92 Å². The van der Waals surface area contributed by atoms with E-state index in [1.807, 2.05) is 62.4 Å². The number of carbonyl (C=O) groups is 1. The van der Waals surface area contributed by atoms with E-state index in [0.29, 0.717) is 12.5 Å². The van der Waals surface area contributed by atoms with Gasteiger partial charge in [0, 0.05) is 11.6 Å². The Hall–Kier alpha value is -3.41. The predicted molar refractivity (Wildman–Crippen MR) is 106 cm³/mol. The van der Waals surface area contributed by atoms with Crippen LogP contribution in [0.2, 0.25) is 0 Å². The van der Waals surface area contributed by atoms with Gasteiger partial charge in [-0.1, -0.05) is 29.8 Å². The van der Waals surface area contributed by atoms with Crippen LogP contribution in [0.4, 0.5) is 0 Å². The van der Waals surface area contributed by atoms with E-state index in [4.69, 9.17) is 13.9 Å². The number of ether oxygens (including phenoxy) is 2. The van der Waals surface area contributed by atoms with Crippen molar-refractivity contribution >= 4 is 12.0 Å². The van der Waals surface area contributed by atoms with Crippen LogP contribution in [0.3, 0.4) is 0 Å². The molecule has 1 aromatic heterocycles. The van der Waals surface area contributed by atoms with Crippen LogP contribution in [-0.2, 0) is 9.53 Å². The molecular formula is C22H22N2O4. The smallest absolute Gasteiger partial charge is 0.331 e. The van der Waals surface area contributed by atoms with E-state index in [1.165, 1.54) is 6.08 Å². The second-order valence-electron chi connectivity index (χ2n) is 6.23.